The zero-order valence-electron chi connectivity index (χ0n) is 10.1. The van der Waals surface area contributed by atoms with Crippen molar-refractivity contribution in [2.24, 2.45) is 11.1 Å². The monoisotopic (exact) mass is 244 g/mol. The van der Waals surface area contributed by atoms with E-state index in [9.17, 15) is 10.3 Å². The van der Waals surface area contributed by atoms with Crippen LogP contribution in [0.3, 0.4) is 0 Å². The highest BCUT2D eigenvalue weighted by atomic mass is 16.4. The maximum Gasteiger partial charge on any atom is 0.115 e. The maximum atomic E-state index is 9.27. The molecule has 3 saturated heterocycles. The van der Waals surface area contributed by atoms with Crippen molar-refractivity contribution in [1.29, 1.82) is 0 Å². The zero-order chi connectivity index (χ0) is 12.5. The first-order chi connectivity index (χ1) is 8.78. The number of piperidine rings is 3. The molecule has 0 saturated carbocycles. The fourth-order valence-electron chi connectivity index (χ4n) is 2.79. The lowest BCUT2D eigenvalue weighted by atomic mass is 9.83. The number of hydrogen-bond donors (Lipinski definition) is 2. The van der Waals surface area contributed by atoms with Gasteiger partial charge in [-0.15, -0.1) is 0 Å². The van der Waals surface area contributed by atoms with Gasteiger partial charge in [0.05, 0.1) is 5.70 Å². The lowest BCUT2D eigenvalue weighted by Gasteiger charge is -2.42. The molecule has 0 aromatic heterocycles. The van der Waals surface area contributed by atoms with Crippen LogP contribution in [-0.2, 0) is 0 Å². The van der Waals surface area contributed by atoms with Gasteiger partial charge in [-0.1, -0.05) is 17.3 Å². The predicted molar refractivity (Wildman–Crippen MR) is 69.6 cm³/mol. The molecule has 1 aromatic rings. The van der Waals surface area contributed by atoms with Crippen molar-refractivity contribution in [3.8, 4) is 5.75 Å². The minimum atomic E-state index is 0.263. The molecule has 3 aliphatic heterocycles. The van der Waals surface area contributed by atoms with Crippen LogP contribution in [0.1, 0.15) is 18.4 Å². The molecule has 3 heterocycles. The molecule has 0 atom stereocenters. The number of allylic oxidation sites excluding steroid dienone is 1. The minimum absolute atomic E-state index is 0.263. The van der Waals surface area contributed by atoms with Crippen molar-refractivity contribution < 1.29 is 10.3 Å². The van der Waals surface area contributed by atoms with Crippen LogP contribution in [0, 0.1) is 5.92 Å². The number of benzene rings is 1. The number of phenols is 1. The average Bonchev–Trinajstić information content (AvgIpc) is 2.42. The smallest absolute Gasteiger partial charge is 0.115 e. The molecular weight excluding hydrogens is 228 g/mol. The van der Waals surface area contributed by atoms with Crippen molar-refractivity contribution in [1.82, 2.24) is 4.90 Å². The number of rotatable bonds is 1. The number of hydrogen-bond acceptors (Lipinski definition) is 4. The number of oxime groups is 1. The van der Waals surface area contributed by atoms with E-state index in [-0.39, 0.29) is 5.75 Å². The molecule has 2 N–H and O–H groups in total. The van der Waals surface area contributed by atoms with Gasteiger partial charge in [0, 0.05) is 19.0 Å². The molecule has 0 spiro atoms. The van der Waals surface area contributed by atoms with Crippen LogP contribution in [0.5, 0.6) is 5.75 Å². The minimum Gasteiger partial charge on any atom is -0.508 e. The van der Waals surface area contributed by atoms with E-state index in [0.29, 0.717) is 5.92 Å². The number of fused-ring (bicyclic) bond motifs is 3. The fraction of sp³-hybridized carbons (Fsp3) is 0.357. The number of phenolic OH excluding ortho intramolecular Hbond substituents is 1. The SMILES string of the molecule is O/N=C1\C(=C\c2ccc(O)cc2)N2CCC1CC2. The second-order valence-corrected chi connectivity index (χ2v) is 4.87. The second-order valence-electron chi connectivity index (χ2n) is 4.87. The molecule has 2 bridgehead atoms. The van der Waals surface area contributed by atoms with Gasteiger partial charge < -0.3 is 15.2 Å². The van der Waals surface area contributed by atoms with Gasteiger partial charge in [0.25, 0.3) is 0 Å². The first-order valence-electron chi connectivity index (χ1n) is 6.26. The summed E-state index contributed by atoms with van der Waals surface area (Å²) in [5, 5.41) is 21.9. The number of aromatic hydroxyl groups is 1. The van der Waals surface area contributed by atoms with Crippen molar-refractivity contribution in [3.05, 3.63) is 35.5 Å². The van der Waals surface area contributed by atoms with E-state index in [0.717, 1.165) is 42.9 Å². The van der Waals surface area contributed by atoms with Crippen LogP contribution in [0.2, 0.25) is 0 Å². The van der Waals surface area contributed by atoms with E-state index in [2.05, 4.69) is 10.1 Å². The zero-order valence-corrected chi connectivity index (χ0v) is 10.1. The summed E-state index contributed by atoms with van der Waals surface area (Å²) >= 11 is 0. The second kappa shape index (κ2) is 4.37. The van der Waals surface area contributed by atoms with E-state index < -0.39 is 0 Å². The van der Waals surface area contributed by atoms with Crippen LogP contribution >= 0.6 is 0 Å². The van der Waals surface area contributed by atoms with Crippen LogP contribution in [0.15, 0.2) is 35.1 Å². The number of nitrogens with zero attached hydrogens (tertiary/aromatic N) is 2. The summed E-state index contributed by atoms with van der Waals surface area (Å²) in [7, 11) is 0. The average molecular weight is 244 g/mol. The molecule has 4 heteroatoms. The molecule has 0 unspecified atom stereocenters. The van der Waals surface area contributed by atoms with Crippen LogP contribution < -0.4 is 0 Å². The Hall–Kier alpha value is -1.97. The molecule has 94 valence electrons. The summed E-state index contributed by atoms with van der Waals surface area (Å²) < 4.78 is 0. The summed E-state index contributed by atoms with van der Waals surface area (Å²) in [6.45, 7) is 2.07. The highest BCUT2D eigenvalue weighted by molar-refractivity contribution is 6.05. The van der Waals surface area contributed by atoms with Crippen LogP contribution in [0.25, 0.3) is 6.08 Å². The van der Waals surface area contributed by atoms with Crippen LogP contribution in [-0.4, -0.2) is 34.0 Å². The molecule has 0 radical (unpaired) electrons. The molecule has 0 aliphatic carbocycles. The van der Waals surface area contributed by atoms with Gasteiger partial charge in [0.2, 0.25) is 0 Å². The van der Waals surface area contributed by atoms with E-state index in [1.165, 1.54) is 0 Å². The third kappa shape index (κ3) is 1.83. The maximum absolute atomic E-state index is 9.27. The summed E-state index contributed by atoms with van der Waals surface area (Å²) in [6.07, 6.45) is 4.18. The van der Waals surface area contributed by atoms with Gasteiger partial charge in [-0.05, 0) is 36.6 Å². The van der Waals surface area contributed by atoms with Crippen LogP contribution in [0.4, 0.5) is 0 Å². The van der Waals surface area contributed by atoms with E-state index in [4.69, 9.17) is 0 Å². The van der Waals surface area contributed by atoms with E-state index in [1.807, 2.05) is 18.2 Å². The summed E-state index contributed by atoms with van der Waals surface area (Å²) in [4.78, 5) is 2.27. The Kier molecular flexibility index (Phi) is 2.70. The molecule has 0 amide bonds. The third-order valence-corrected chi connectivity index (χ3v) is 3.79. The van der Waals surface area contributed by atoms with Crippen molar-refractivity contribution in [3.63, 3.8) is 0 Å². The fourth-order valence-corrected chi connectivity index (χ4v) is 2.79. The Balaban J connectivity index is 1.96. The lowest BCUT2D eigenvalue weighted by molar-refractivity contribution is 0.229. The van der Waals surface area contributed by atoms with E-state index >= 15 is 0 Å². The van der Waals surface area contributed by atoms with Gasteiger partial charge in [-0.2, -0.15) is 0 Å². The van der Waals surface area contributed by atoms with Crippen molar-refractivity contribution >= 4 is 11.8 Å². The normalized spacial score (nSPS) is 24.1. The Morgan fingerprint density at radius 1 is 1.17 bits per heavy atom. The highest BCUT2D eigenvalue weighted by Gasteiger charge is 2.35. The quantitative estimate of drug-likeness (QED) is 0.588. The van der Waals surface area contributed by atoms with Crippen molar-refractivity contribution in [2.45, 2.75) is 12.8 Å². The highest BCUT2D eigenvalue weighted by Crippen LogP contribution is 2.33. The lowest BCUT2D eigenvalue weighted by Crippen LogP contribution is -2.46. The molecular formula is C14H16N2O2. The Morgan fingerprint density at radius 2 is 1.83 bits per heavy atom. The van der Waals surface area contributed by atoms with Gasteiger partial charge in [-0.25, -0.2) is 0 Å². The first kappa shape index (κ1) is 11.1. The molecule has 4 nitrogen and oxygen atoms in total. The summed E-state index contributed by atoms with van der Waals surface area (Å²) in [6, 6.07) is 7.05. The Bertz CT molecular complexity index is 497. The Labute approximate surface area is 106 Å². The summed E-state index contributed by atoms with van der Waals surface area (Å²) in [5.74, 6) is 0.655. The largest absolute Gasteiger partial charge is 0.508 e. The molecule has 18 heavy (non-hydrogen) atoms. The standard InChI is InChI=1S/C14H16N2O2/c17-12-3-1-10(2-4-12)9-13-14(15-18)11-5-7-16(13)8-6-11/h1-4,9,11,17-18H,5-8H2/b13-9-,15-14-. The molecule has 1 aromatic carbocycles. The predicted octanol–water partition coefficient (Wildman–Crippen LogP) is 2.29. The molecule has 4 rings (SSSR count). The van der Waals surface area contributed by atoms with Gasteiger partial charge in [-0.3, -0.25) is 0 Å². The van der Waals surface area contributed by atoms with Gasteiger partial charge >= 0.3 is 0 Å². The third-order valence-electron chi connectivity index (χ3n) is 3.79. The topological polar surface area (TPSA) is 56.1 Å². The molecule has 3 fully saturated rings. The summed E-state index contributed by atoms with van der Waals surface area (Å²) in [5.41, 5.74) is 2.84. The Morgan fingerprint density at radius 3 is 2.44 bits per heavy atom. The van der Waals surface area contributed by atoms with Gasteiger partial charge in [0.1, 0.15) is 11.5 Å². The van der Waals surface area contributed by atoms with Crippen molar-refractivity contribution in [2.75, 3.05) is 13.1 Å². The van der Waals surface area contributed by atoms with Gasteiger partial charge in [0.15, 0.2) is 0 Å². The first-order valence-corrected chi connectivity index (χ1v) is 6.26. The van der Waals surface area contributed by atoms with E-state index in [1.54, 1.807) is 12.1 Å². The molecule has 3 aliphatic rings.